The van der Waals surface area contributed by atoms with Crippen molar-refractivity contribution >= 4 is 22.8 Å². The van der Waals surface area contributed by atoms with Crippen molar-refractivity contribution in [1.82, 2.24) is 29.5 Å². The second-order valence-electron chi connectivity index (χ2n) is 8.04. The Kier molecular flexibility index (Phi) is 5.18. The van der Waals surface area contributed by atoms with Crippen LogP contribution < -0.4 is 5.32 Å². The number of aryl methyl sites for hydroxylation is 2. The molecule has 0 atom stereocenters. The van der Waals surface area contributed by atoms with Gasteiger partial charge < -0.3 is 0 Å². The van der Waals surface area contributed by atoms with E-state index in [4.69, 9.17) is 4.98 Å². The first-order chi connectivity index (χ1) is 16.0. The third-order valence-corrected chi connectivity index (χ3v) is 5.70. The van der Waals surface area contributed by atoms with E-state index in [2.05, 4.69) is 51.7 Å². The number of nitrogens with one attached hydrogen (secondary N) is 1. The molecule has 2 aromatic carbocycles. The average Bonchev–Trinajstić information content (AvgIpc) is 3.40. The number of benzene rings is 2. The Bertz CT molecular complexity index is 1460. The van der Waals surface area contributed by atoms with Gasteiger partial charge in [-0.05, 0) is 31.5 Å². The molecule has 8 heteroatoms. The number of nitrogens with zero attached hydrogens (tertiary/aromatic N) is 6. The summed E-state index contributed by atoms with van der Waals surface area (Å²) in [6.07, 6.45) is 3.38. The molecule has 3 aromatic heterocycles. The normalized spacial score (nSPS) is 11.1. The quantitative estimate of drug-likeness (QED) is 0.446. The first-order valence-electron chi connectivity index (χ1n) is 10.6. The van der Waals surface area contributed by atoms with Crippen molar-refractivity contribution in [3.63, 3.8) is 0 Å². The van der Waals surface area contributed by atoms with Gasteiger partial charge in [-0.15, -0.1) is 5.10 Å². The molecule has 33 heavy (non-hydrogen) atoms. The molecule has 0 aliphatic heterocycles. The average molecular weight is 438 g/mol. The van der Waals surface area contributed by atoms with Gasteiger partial charge in [0.05, 0.1) is 29.5 Å². The highest BCUT2D eigenvalue weighted by atomic mass is 16.1. The fourth-order valence-corrected chi connectivity index (χ4v) is 3.73. The summed E-state index contributed by atoms with van der Waals surface area (Å²) >= 11 is 0. The summed E-state index contributed by atoms with van der Waals surface area (Å²) in [5.74, 6) is -0.0309. The number of carbonyl (C=O) groups excluding carboxylic acids is 1. The minimum Gasteiger partial charge on any atom is -0.289 e. The zero-order valence-electron chi connectivity index (χ0n) is 18.6. The Hall–Kier alpha value is -4.33. The van der Waals surface area contributed by atoms with Crippen LogP contribution in [0, 0.1) is 13.8 Å². The monoisotopic (exact) mass is 437 g/mol. The van der Waals surface area contributed by atoms with Gasteiger partial charge in [-0.3, -0.25) is 14.8 Å². The number of hydrogen-bond donors (Lipinski definition) is 1. The summed E-state index contributed by atoms with van der Waals surface area (Å²) in [4.78, 5) is 22.3. The molecule has 5 rings (SSSR count). The van der Waals surface area contributed by atoms with Crippen LogP contribution in [0.25, 0.3) is 22.2 Å². The minimum absolute atomic E-state index is 0.257. The van der Waals surface area contributed by atoms with Crippen molar-refractivity contribution in [3.05, 3.63) is 89.5 Å². The molecule has 0 bridgehead atoms. The summed E-state index contributed by atoms with van der Waals surface area (Å²) in [6.45, 7) is 4.60. The van der Waals surface area contributed by atoms with Gasteiger partial charge in [-0.1, -0.05) is 48.0 Å². The molecule has 0 spiro atoms. The van der Waals surface area contributed by atoms with E-state index in [1.807, 2.05) is 38.2 Å². The van der Waals surface area contributed by atoms with Crippen LogP contribution in [0.4, 0.5) is 5.95 Å². The van der Waals surface area contributed by atoms with Crippen LogP contribution in [0.3, 0.4) is 0 Å². The highest BCUT2D eigenvalue weighted by Crippen LogP contribution is 2.27. The van der Waals surface area contributed by atoms with Gasteiger partial charge >= 0.3 is 0 Å². The van der Waals surface area contributed by atoms with Crippen LogP contribution in [0.5, 0.6) is 0 Å². The van der Waals surface area contributed by atoms with E-state index in [9.17, 15) is 4.79 Å². The molecule has 164 valence electrons. The number of amides is 1. The SMILES string of the molecule is Cc1ccc(Cn2cnc(NC(=O)c3cc(-c4cnn(C)c4C)nc4ccccc34)n2)cc1. The van der Waals surface area contributed by atoms with Crippen molar-refractivity contribution < 1.29 is 4.79 Å². The molecule has 0 saturated heterocycles. The summed E-state index contributed by atoms with van der Waals surface area (Å²) in [5, 5.41) is 12.3. The van der Waals surface area contributed by atoms with Crippen LogP contribution in [0.15, 0.2) is 67.1 Å². The topological polar surface area (TPSA) is 90.5 Å². The number of anilines is 1. The van der Waals surface area contributed by atoms with Crippen LogP contribution >= 0.6 is 0 Å². The molecule has 0 aliphatic carbocycles. The van der Waals surface area contributed by atoms with E-state index in [0.717, 1.165) is 27.7 Å². The van der Waals surface area contributed by atoms with E-state index >= 15 is 0 Å². The third-order valence-electron chi connectivity index (χ3n) is 5.70. The molecule has 3 heterocycles. The smallest absolute Gasteiger partial charge is 0.258 e. The Morgan fingerprint density at radius 2 is 1.85 bits per heavy atom. The maximum Gasteiger partial charge on any atom is 0.258 e. The fraction of sp³-hybridized carbons (Fsp3) is 0.160. The van der Waals surface area contributed by atoms with E-state index in [1.54, 1.807) is 28.0 Å². The standard InChI is InChI=1S/C25H23N7O/c1-16-8-10-18(11-9-16)14-32-15-26-25(30-32)29-24(33)20-12-23(21-13-27-31(3)17(21)2)28-22-7-5-4-6-19(20)22/h4-13,15H,14H2,1-3H3,(H,29,30,33). The van der Waals surface area contributed by atoms with Gasteiger partial charge in [-0.2, -0.15) is 5.10 Å². The fourth-order valence-electron chi connectivity index (χ4n) is 3.73. The summed E-state index contributed by atoms with van der Waals surface area (Å²) < 4.78 is 3.49. The predicted octanol–water partition coefficient (Wildman–Crippen LogP) is 4.14. The van der Waals surface area contributed by atoms with Crippen molar-refractivity contribution in [2.45, 2.75) is 20.4 Å². The van der Waals surface area contributed by atoms with Gasteiger partial charge in [-0.25, -0.2) is 14.6 Å². The molecule has 0 unspecified atom stereocenters. The van der Waals surface area contributed by atoms with E-state index in [1.165, 1.54) is 5.56 Å². The first-order valence-corrected chi connectivity index (χ1v) is 10.6. The molecule has 8 nitrogen and oxygen atoms in total. The zero-order valence-corrected chi connectivity index (χ0v) is 18.6. The zero-order chi connectivity index (χ0) is 22.9. The number of hydrogen-bond acceptors (Lipinski definition) is 5. The lowest BCUT2D eigenvalue weighted by Crippen LogP contribution is -2.14. The van der Waals surface area contributed by atoms with E-state index in [0.29, 0.717) is 17.8 Å². The maximum atomic E-state index is 13.3. The number of aromatic nitrogens is 6. The highest BCUT2D eigenvalue weighted by Gasteiger charge is 2.17. The van der Waals surface area contributed by atoms with Crippen LogP contribution in [-0.4, -0.2) is 35.4 Å². The Balaban J connectivity index is 1.44. The third kappa shape index (κ3) is 4.10. The van der Waals surface area contributed by atoms with E-state index in [-0.39, 0.29) is 11.9 Å². The molecule has 0 aliphatic rings. The molecule has 1 N–H and O–H groups in total. The second-order valence-corrected chi connectivity index (χ2v) is 8.04. The second kappa shape index (κ2) is 8.31. The molecule has 0 fully saturated rings. The van der Waals surface area contributed by atoms with E-state index < -0.39 is 0 Å². The summed E-state index contributed by atoms with van der Waals surface area (Å²) in [5.41, 5.74) is 6.12. The van der Waals surface area contributed by atoms with Crippen molar-refractivity contribution in [1.29, 1.82) is 0 Å². The Labute approximate surface area is 190 Å². The van der Waals surface area contributed by atoms with Gasteiger partial charge in [0.2, 0.25) is 5.95 Å². The lowest BCUT2D eigenvalue weighted by Gasteiger charge is -2.09. The lowest BCUT2D eigenvalue weighted by molar-refractivity contribution is 0.102. The van der Waals surface area contributed by atoms with Gasteiger partial charge in [0, 0.05) is 23.7 Å². The first kappa shape index (κ1) is 20.6. The number of para-hydroxylation sites is 1. The molecule has 0 radical (unpaired) electrons. The number of carbonyl (C=O) groups is 1. The van der Waals surface area contributed by atoms with Crippen molar-refractivity contribution in [2.24, 2.45) is 7.05 Å². The molecule has 5 aromatic rings. The van der Waals surface area contributed by atoms with Crippen LogP contribution in [0.2, 0.25) is 0 Å². The van der Waals surface area contributed by atoms with Crippen molar-refractivity contribution in [2.75, 3.05) is 5.32 Å². The highest BCUT2D eigenvalue weighted by molar-refractivity contribution is 6.12. The number of fused-ring (bicyclic) bond motifs is 1. The Morgan fingerprint density at radius 1 is 1.06 bits per heavy atom. The maximum absolute atomic E-state index is 13.3. The summed E-state index contributed by atoms with van der Waals surface area (Å²) in [7, 11) is 1.88. The Morgan fingerprint density at radius 3 is 2.61 bits per heavy atom. The minimum atomic E-state index is -0.288. The number of pyridine rings is 1. The molecule has 0 saturated carbocycles. The van der Waals surface area contributed by atoms with Gasteiger partial charge in [0.1, 0.15) is 6.33 Å². The predicted molar refractivity (Wildman–Crippen MR) is 127 cm³/mol. The molecule has 1 amide bonds. The molecular formula is C25H23N7O. The van der Waals surface area contributed by atoms with Gasteiger partial charge in [0.25, 0.3) is 5.91 Å². The number of rotatable bonds is 5. The lowest BCUT2D eigenvalue weighted by atomic mass is 10.0. The largest absolute Gasteiger partial charge is 0.289 e. The van der Waals surface area contributed by atoms with Crippen molar-refractivity contribution in [3.8, 4) is 11.3 Å². The van der Waals surface area contributed by atoms with Crippen LogP contribution in [-0.2, 0) is 13.6 Å². The van der Waals surface area contributed by atoms with Crippen LogP contribution in [0.1, 0.15) is 27.2 Å². The molecular weight excluding hydrogens is 414 g/mol. The summed E-state index contributed by atoms with van der Waals surface area (Å²) in [6, 6.07) is 17.6. The van der Waals surface area contributed by atoms with Gasteiger partial charge in [0.15, 0.2) is 0 Å².